The highest BCUT2D eigenvalue weighted by Crippen LogP contribution is 2.30. The molecule has 1 aliphatic heterocycles. The van der Waals surface area contributed by atoms with E-state index in [0.717, 1.165) is 49.8 Å². The number of guanidine groups is 1. The number of hydrogen-bond acceptors (Lipinski definition) is 8. The number of nitrogens with zero attached hydrogens (tertiary/aromatic N) is 2. The first-order chi connectivity index (χ1) is 17.0. The molecule has 0 saturated heterocycles. The molecule has 6 nitrogen and oxygen atoms in total. The van der Waals surface area contributed by atoms with Crippen molar-refractivity contribution in [1.29, 1.82) is 0 Å². The molecule has 0 aromatic carbocycles. The zero-order valence-corrected chi connectivity index (χ0v) is 21.2. The average Bonchev–Trinajstić information content (AvgIpc) is 3.66. The van der Waals surface area contributed by atoms with Gasteiger partial charge in [0.05, 0.1) is 28.0 Å². The number of hydrazone groups is 1. The van der Waals surface area contributed by atoms with Crippen LogP contribution in [0.4, 0.5) is 0 Å². The van der Waals surface area contributed by atoms with Gasteiger partial charge in [-0.15, -0.1) is 22.7 Å². The van der Waals surface area contributed by atoms with Crippen molar-refractivity contribution in [2.75, 3.05) is 13.1 Å². The van der Waals surface area contributed by atoms with Crippen LogP contribution in [0, 0.1) is 5.41 Å². The second kappa shape index (κ2) is 10.3. The minimum Gasteiger partial charge on any atom is -0.464 e. The molecule has 35 heavy (non-hydrogen) atoms. The van der Waals surface area contributed by atoms with Gasteiger partial charge < -0.3 is 14.2 Å². The number of nitrogens with one attached hydrogen (secondary N) is 2. The van der Waals surface area contributed by atoms with Crippen molar-refractivity contribution in [3.63, 3.8) is 0 Å². The Labute approximate surface area is 212 Å². The van der Waals surface area contributed by atoms with Crippen LogP contribution in [0.25, 0.3) is 33.4 Å². The molecule has 0 spiro atoms. The second-order valence-corrected chi connectivity index (χ2v) is 11.1. The van der Waals surface area contributed by atoms with E-state index in [1.54, 1.807) is 35.2 Å². The lowest BCUT2D eigenvalue weighted by atomic mass is 9.93. The highest BCUT2D eigenvalue weighted by atomic mass is 32.1. The van der Waals surface area contributed by atoms with Gasteiger partial charge in [0.2, 0.25) is 5.96 Å². The first-order valence-electron chi connectivity index (χ1n) is 11.3. The lowest BCUT2D eigenvalue weighted by Crippen LogP contribution is -2.46. The normalized spacial score (nSPS) is 15.3. The van der Waals surface area contributed by atoms with E-state index in [0.29, 0.717) is 5.96 Å². The third kappa shape index (κ3) is 6.09. The minimum atomic E-state index is 0.146. The fraction of sp³-hybridized carbons (Fsp3) is 0.185. The molecule has 0 bridgehead atoms. The number of allylic oxidation sites excluding steroid dienone is 2. The Morgan fingerprint density at radius 3 is 2.03 bits per heavy atom. The van der Waals surface area contributed by atoms with Crippen LogP contribution < -0.4 is 10.7 Å². The first kappa shape index (κ1) is 23.1. The SMILES string of the molecule is CC1(C)CN=C(NN=C(/C=C/c2ccc(-c3ccco3)s2)/C=C/c2ccc(-c3ccco3)s2)NC1. The number of hydrogen-bond donors (Lipinski definition) is 2. The highest BCUT2D eigenvalue weighted by Gasteiger charge is 2.22. The van der Waals surface area contributed by atoms with Gasteiger partial charge in [0.25, 0.3) is 0 Å². The largest absolute Gasteiger partial charge is 0.464 e. The van der Waals surface area contributed by atoms with E-state index in [2.05, 4.69) is 71.1 Å². The van der Waals surface area contributed by atoms with Crippen LogP contribution >= 0.6 is 22.7 Å². The van der Waals surface area contributed by atoms with Crippen LogP contribution in [0.15, 0.2) is 92.1 Å². The number of thiophene rings is 2. The first-order valence-corrected chi connectivity index (χ1v) is 12.9. The van der Waals surface area contributed by atoms with E-state index >= 15 is 0 Å². The predicted molar refractivity (Wildman–Crippen MR) is 147 cm³/mol. The summed E-state index contributed by atoms with van der Waals surface area (Å²) in [6.07, 6.45) is 11.5. The average molecular weight is 503 g/mol. The van der Waals surface area contributed by atoms with Crippen molar-refractivity contribution in [1.82, 2.24) is 10.7 Å². The van der Waals surface area contributed by atoms with E-state index in [9.17, 15) is 0 Å². The summed E-state index contributed by atoms with van der Waals surface area (Å²) < 4.78 is 11.0. The lowest BCUT2D eigenvalue weighted by Gasteiger charge is -2.28. The van der Waals surface area contributed by atoms with E-state index < -0.39 is 0 Å². The van der Waals surface area contributed by atoms with Gasteiger partial charge in [-0.05, 0) is 72.8 Å². The summed E-state index contributed by atoms with van der Waals surface area (Å²) in [6.45, 7) is 5.99. The third-order valence-corrected chi connectivity index (χ3v) is 7.44. The molecule has 0 fully saturated rings. The quantitative estimate of drug-likeness (QED) is 0.211. The molecule has 0 amide bonds. The summed E-state index contributed by atoms with van der Waals surface area (Å²) >= 11 is 3.34. The number of rotatable bonds is 7. The second-order valence-electron chi connectivity index (χ2n) is 8.86. The van der Waals surface area contributed by atoms with Crippen LogP contribution in [0.5, 0.6) is 0 Å². The van der Waals surface area contributed by atoms with Crippen LogP contribution in [0.3, 0.4) is 0 Å². The van der Waals surface area contributed by atoms with E-state index in [-0.39, 0.29) is 5.41 Å². The van der Waals surface area contributed by atoms with Crippen molar-refractivity contribution in [3.8, 4) is 21.3 Å². The van der Waals surface area contributed by atoms with Gasteiger partial charge in [0.1, 0.15) is 11.5 Å². The van der Waals surface area contributed by atoms with E-state index in [1.807, 2.05) is 36.4 Å². The smallest absolute Gasteiger partial charge is 0.212 e. The Morgan fingerprint density at radius 2 is 1.54 bits per heavy atom. The van der Waals surface area contributed by atoms with Crippen molar-refractivity contribution in [2.45, 2.75) is 13.8 Å². The Bertz CT molecular complexity index is 1290. The van der Waals surface area contributed by atoms with Crippen molar-refractivity contribution in [2.24, 2.45) is 15.5 Å². The lowest BCUT2D eigenvalue weighted by molar-refractivity contribution is 0.358. The maximum absolute atomic E-state index is 5.51. The molecular weight excluding hydrogens is 476 g/mol. The Morgan fingerprint density at radius 1 is 0.943 bits per heavy atom. The van der Waals surface area contributed by atoms with E-state index in [1.165, 1.54) is 0 Å². The van der Waals surface area contributed by atoms with E-state index in [4.69, 9.17) is 8.83 Å². The molecular formula is C27H26N4O2S2. The summed E-state index contributed by atoms with van der Waals surface area (Å²) in [6, 6.07) is 16.0. The number of aliphatic imine (C=N–C) groups is 1. The summed E-state index contributed by atoms with van der Waals surface area (Å²) in [7, 11) is 0. The molecule has 0 radical (unpaired) electrons. The molecule has 4 aromatic rings. The van der Waals surface area contributed by atoms with Crippen molar-refractivity contribution < 1.29 is 8.83 Å². The fourth-order valence-corrected chi connectivity index (χ4v) is 5.13. The topological polar surface area (TPSA) is 75.1 Å². The maximum Gasteiger partial charge on any atom is 0.212 e. The van der Waals surface area contributed by atoms with Crippen LogP contribution in [-0.2, 0) is 0 Å². The van der Waals surface area contributed by atoms with Crippen LogP contribution in [-0.4, -0.2) is 24.8 Å². The molecule has 4 aromatic heterocycles. The molecule has 0 unspecified atom stereocenters. The van der Waals surface area contributed by atoms with Gasteiger partial charge in [-0.1, -0.05) is 13.8 Å². The summed E-state index contributed by atoms with van der Waals surface area (Å²) in [5.74, 6) is 2.44. The molecule has 1 aliphatic rings. The van der Waals surface area contributed by atoms with Crippen LogP contribution in [0.1, 0.15) is 23.6 Å². The molecule has 0 aliphatic carbocycles. The van der Waals surface area contributed by atoms with Gasteiger partial charge in [-0.25, -0.2) is 5.43 Å². The van der Waals surface area contributed by atoms with Crippen molar-refractivity contribution >= 4 is 46.5 Å². The Hall–Kier alpha value is -3.62. The molecule has 5 rings (SSSR count). The van der Waals surface area contributed by atoms with Crippen LogP contribution in [0.2, 0.25) is 0 Å². The highest BCUT2D eigenvalue weighted by molar-refractivity contribution is 7.16. The molecule has 2 N–H and O–H groups in total. The predicted octanol–water partition coefficient (Wildman–Crippen LogP) is 6.99. The summed E-state index contributed by atoms with van der Waals surface area (Å²) in [4.78, 5) is 8.99. The summed E-state index contributed by atoms with van der Waals surface area (Å²) in [5, 5.41) is 7.93. The third-order valence-electron chi connectivity index (χ3n) is 5.31. The standard InChI is InChI=1S/C27H26N4O2S2/c1-27(2)17-28-26(29-18-27)31-30-19(7-9-20-11-13-24(34-20)22-5-3-15-32-22)8-10-21-12-14-25(35-21)23-6-4-16-33-23/h3-16H,17-18H2,1-2H3,(H2,28,29,31)/b9-7+,10-8+. The van der Waals surface area contributed by atoms with Gasteiger partial charge in [-0.2, -0.15) is 5.10 Å². The van der Waals surface area contributed by atoms with Gasteiger partial charge >= 0.3 is 0 Å². The number of furan rings is 2. The molecule has 8 heteroatoms. The van der Waals surface area contributed by atoms with Crippen molar-refractivity contribution in [3.05, 3.63) is 83.0 Å². The monoisotopic (exact) mass is 502 g/mol. The molecule has 0 saturated carbocycles. The van der Waals surface area contributed by atoms with Gasteiger partial charge in [-0.3, -0.25) is 4.99 Å². The Balaban J connectivity index is 1.34. The fourth-order valence-electron chi connectivity index (χ4n) is 3.37. The zero-order valence-electron chi connectivity index (χ0n) is 19.5. The maximum atomic E-state index is 5.51. The molecule has 0 atom stereocenters. The Kier molecular flexibility index (Phi) is 6.83. The van der Waals surface area contributed by atoms with Gasteiger partial charge in [0, 0.05) is 28.3 Å². The molecule has 5 heterocycles. The summed E-state index contributed by atoms with van der Waals surface area (Å²) in [5.41, 5.74) is 4.01. The van der Waals surface area contributed by atoms with Gasteiger partial charge in [0.15, 0.2) is 0 Å². The molecule has 178 valence electrons. The zero-order chi connectivity index (χ0) is 24.1. The minimum absolute atomic E-state index is 0.146.